The summed E-state index contributed by atoms with van der Waals surface area (Å²) in [4.78, 5) is 23.1. The smallest absolute Gasteiger partial charge is 0.416 e. The number of carbonyl (C=O) groups is 1. The number of halogens is 5. The van der Waals surface area contributed by atoms with E-state index in [2.05, 4.69) is 25.9 Å². The van der Waals surface area contributed by atoms with Gasteiger partial charge in [-0.25, -0.2) is 4.98 Å². The molecule has 5 rings (SSSR count). The molecule has 2 aliphatic heterocycles. The van der Waals surface area contributed by atoms with E-state index in [1.165, 1.54) is 30.6 Å². The molecule has 1 aromatic heterocycles. The number of ether oxygens (including phenoxy) is 2. The van der Waals surface area contributed by atoms with Gasteiger partial charge in [-0.15, -0.1) is 12.4 Å². The number of piperazine rings is 1. The number of benzene rings is 2. The predicted octanol–water partition coefficient (Wildman–Crippen LogP) is 5.22. The van der Waals surface area contributed by atoms with Crippen LogP contribution in [0, 0.1) is 0 Å². The topological polar surface area (TPSA) is 101 Å². The number of rotatable bonds is 5. The van der Waals surface area contributed by atoms with E-state index in [-0.39, 0.29) is 46.4 Å². The third kappa shape index (κ3) is 6.57. The molecular weight excluding hydrogens is 560 g/mol. The van der Waals surface area contributed by atoms with Gasteiger partial charge >= 0.3 is 6.18 Å². The summed E-state index contributed by atoms with van der Waals surface area (Å²) < 4.78 is 52.5. The minimum Gasteiger partial charge on any atom is -0.483 e. The van der Waals surface area contributed by atoms with Crippen molar-refractivity contribution >= 4 is 47.1 Å². The molecule has 0 unspecified atom stereocenters. The Labute approximate surface area is 233 Å². The molecule has 1 atom stereocenters. The van der Waals surface area contributed by atoms with Crippen LogP contribution in [0.25, 0.3) is 0 Å². The Morgan fingerprint density at radius 3 is 2.79 bits per heavy atom. The van der Waals surface area contributed by atoms with Crippen LogP contribution in [0.1, 0.15) is 22.8 Å². The lowest BCUT2D eigenvalue weighted by molar-refractivity contribution is -0.137. The number of anilines is 3. The Hall–Kier alpha value is -3.48. The summed E-state index contributed by atoms with van der Waals surface area (Å²) in [5.74, 6) is 0.366. The molecule has 3 aromatic rings. The van der Waals surface area contributed by atoms with Crippen molar-refractivity contribution in [3.05, 3.63) is 58.9 Å². The Morgan fingerprint density at radius 2 is 2.03 bits per heavy atom. The van der Waals surface area contributed by atoms with E-state index in [1.54, 1.807) is 0 Å². The Balaban J connectivity index is 0.00000353. The van der Waals surface area contributed by atoms with E-state index in [9.17, 15) is 18.0 Å². The van der Waals surface area contributed by atoms with Crippen LogP contribution < -0.4 is 30.3 Å². The molecule has 39 heavy (non-hydrogen) atoms. The molecular formula is C25H25Cl2F3N6O3. The summed E-state index contributed by atoms with van der Waals surface area (Å²) in [5, 5.41) is 9.11. The monoisotopic (exact) mass is 584 g/mol. The van der Waals surface area contributed by atoms with Crippen LogP contribution in [0.2, 0.25) is 5.02 Å². The van der Waals surface area contributed by atoms with Gasteiger partial charge in [0.15, 0.2) is 5.82 Å². The quantitative estimate of drug-likeness (QED) is 0.375. The van der Waals surface area contributed by atoms with Gasteiger partial charge in [-0.2, -0.15) is 18.2 Å². The molecule has 0 spiro atoms. The zero-order valence-corrected chi connectivity index (χ0v) is 22.2. The Kier molecular flexibility index (Phi) is 8.57. The van der Waals surface area contributed by atoms with E-state index in [0.29, 0.717) is 50.0 Å². The molecule has 208 valence electrons. The number of alkyl halides is 3. The van der Waals surface area contributed by atoms with Gasteiger partial charge in [-0.05, 0) is 43.3 Å². The summed E-state index contributed by atoms with van der Waals surface area (Å²) in [7, 11) is 0. The van der Waals surface area contributed by atoms with Gasteiger partial charge in [0, 0.05) is 42.6 Å². The molecule has 1 fully saturated rings. The number of hydrogen-bond acceptors (Lipinski definition) is 8. The number of nitrogens with one attached hydrogen (secondary N) is 3. The number of nitrogens with zero attached hydrogens (tertiary/aromatic N) is 3. The average Bonchev–Trinajstić information content (AvgIpc) is 2.89. The van der Waals surface area contributed by atoms with Crippen LogP contribution in [0.3, 0.4) is 0 Å². The SMILES string of the molecule is C[C@H]1CN(c2cc(NC(=O)c3ccc(Cl)c(Oc4ncnc5c4OCCN5)c3)cc(C(F)(F)F)c2)CCN1.Cl. The second kappa shape index (κ2) is 11.7. The molecule has 3 N–H and O–H groups in total. The third-order valence-corrected chi connectivity index (χ3v) is 6.36. The van der Waals surface area contributed by atoms with Gasteiger partial charge in [0.25, 0.3) is 11.8 Å². The molecule has 14 heteroatoms. The summed E-state index contributed by atoms with van der Waals surface area (Å²) in [5.41, 5.74) is -0.321. The lowest BCUT2D eigenvalue weighted by atomic mass is 10.1. The van der Waals surface area contributed by atoms with E-state index in [1.807, 2.05) is 11.8 Å². The molecule has 9 nitrogen and oxygen atoms in total. The number of amides is 1. The summed E-state index contributed by atoms with van der Waals surface area (Å²) in [6, 6.07) is 7.96. The van der Waals surface area contributed by atoms with E-state index in [0.717, 1.165) is 12.1 Å². The van der Waals surface area contributed by atoms with Crippen molar-refractivity contribution in [2.24, 2.45) is 0 Å². The zero-order valence-electron chi connectivity index (χ0n) is 20.6. The van der Waals surface area contributed by atoms with Crippen LogP contribution in [0.5, 0.6) is 17.4 Å². The molecule has 3 heterocycles. The minimum absolute atomic E-state index is 0. The van der Waals surface area contributed by atoms with Gasteiger partial charge in [0.2, 0.25) is 5.75 Å². The maximum Gasteiger partial charge on any atom is 0.416 e. The van der Waals surface area contributed by atoms with Gasteiger partial charge in [0.1, 0.15) is 18.7 Å². The zero-order chi connectivity index (χ0) is 26.9. The summed E-state index contributed by atoms with van der Waals surface area (Å²) in [6.45, 7) is 4.65. The maximum atomic E-state index is 13.7. The van der Waals surface area contributed by atoms with Crippen LogP contribution in [-0.2, 0) is 6.18 Å². The second-order valence-electron chi connectivity index (χ2n) is 8.90. The lowest BCUT2D eigenvalue weighted by Gasteiger charge is -2.34. The Morgan fingerprint density at radius 1 is 1.21 bits per heavy atom. The highest BCUT2D eigenvalue weighted by atomic mass is 35.5. The van der Waals surface area contributed by atoms with E-state index >= 15 is 0 Å². The first kappa shape index (κ1) is 28.5. The minimum atomic E-state index is -4.58. The number of fused-ring (bicyclic) bond motifs is 1. The molecule has 1 saturated heterocycles. The molecule has 0 saturated carbocycles. The van der Waals surface area contributed by atoms with Crippen LogP contribution in [0.4, 0.5) is 30.4 Å². The highest BCUT2D eigenvalue weighted by molar-refractivity contribution is 6.32. The van der Waals surface area contributed by atoms with Gasteiger partial charge in [-0.3, -0.25) is 4.79 Å². The fourth-order valence-corrected chi connectivity index (χ4v) is 4.39. The molecule has 1 amide bonds. The van der Waals surface area contributed by atoms with E-state index < -0.39 is 17.6 Å². The van der Waals surface area contributed by atoms with Gasteiger partial charge in [-0.1, -0.05) is 11.6 Å². The van der Waals surface area contributed by atoms with Crippen molar-refractivity contribution < 1.29 is 27.4 Å². The fraction of sp³-hybridized carbons (Fsp3) is 0.320. The van der Waals surface area contributed by atoms with E-state index in [4.69, 9.17) is 21.1 Å². The fourth-order valence-electron chi connectivity index (χ4n) is 4.24. The van der Waals surface area contributed by atoms with Crippen molar-refractivity contribution in [3.63, 3.8) is 0 Å². The lowest BCUT2D eigenvalue weighted by Crippen LogP contribution is -2.49. The van der Waals surface area contributed by atoms with Gasteiger partial charge in [0.05, 0.1) is 17.1 Å². The van der Waals surface area contributed by atoms with Crippen LogP contribution in [0.15, 0.2) is 42.7 Å². The molecule has 2 aromatic carbocycles. The molecule has 0 bridgehead atoms. The molecule has 0 radical (unpaired) electrons. The number of hydrogen-bond donors (Lipinski definition) is 3. The predicted molar refractivity (Wildman–Crippen MR) is 144 cm³/mol. The van der Waals surface area contributed by atoms with Crippen molar-refractivity contribution in [2.75, 3.05) is 48.3 Å². The largest absolute Gasteiger partial charge is 0.483 e. The van der Waals surface area contributed by atoms with Crippen molar-refractivity contribution in [1.82, 2.24) is 15.3 Å². The summed E-state index contributed by atoms with van der Waals surface area (Å²) in [6.07, 6.45) is -3.28. The first-order chi connectivity index (χ1) is 18.2. The molecule has 2 aliphatic rings. The highest BCUT2D eigenvalue weighted by Crippen LogP contribution is 2.39. The standard InChI is InChI=1S/C25H24ClF3N6O3.ClH/c1-14-12-35(6-4-30-14)18-10-16(25(27,28)29)9-17(11-18)34-23(36)15-2-3-19(26)20(8-15)38-24-21-22(32-13-33-24)31-5-7-37-21;/h2-3,8-11,13-14,30H,4-7,12H2,1H3,(H,34,36)(H,31,32,33);1H/t14-;/m0./s1. The third-order valence-electron chi connectivity index (χ3n) is 6.05. The number of carbonyl (C=O) groups excluding carboxylic acids is 1. The van der Waals surface area contributed by atoms with Crippen LogP contribution >= 0.6 is 24.0 Å². The number of aromatic nitrogens is 2. The molecule has 0 aliphatic carbocycles. The summed E-state index contributed by atoms with van der Waals surface area (Å²) >= 11 is 6.29. The second-order valence-corrected chi connectivity index (χ2v) is 9.31. The van der Waals surface area contributed by atoms with Crippen molar-refractivity contribution in [3.8, 4) is 17.4 Å². The maximum absolute atomic E-state index is 13.7. The van der Waals surface area contributed by atoms with Crippen molar-refractivity contribution in [2.45, 2.75) is 19.1 Å². The first-order valence-corrected chi connectivity index (χ1v) is 12.3. The average molecular weight is 585 g/mol. The normalized spacial score (nSPS) is 16.7. The van der Waals surface area contributed by atoms with Crippen molar-refractivity contribution in [1.29, 1.82) is 0 Å². The van der Waals surface area contributed by atoms with Crippen LogP contribution in [-0.4, -0.2) is 54.7 Å². The first-order valence-electron chi connectivity index (χ1n) is 11.9. The Bertz CT molecular complexity index is 1360. The van der Waals surface area contributed by atoms with Gasteiger partial charge < -0.3 is 30.3 Å². The highest BCUT2D eigenvalue weighted by Gasteiger charge is 2.32.